The number of carbonyl (C=O) groups is 2. The van der Waals surface area contributed by atoms with Gasteiger partial charge in [0.05, 0.1) is 44.8 Å². The van der Waals surface area contributed by atoms with Crippen molar-refractivity contribution in [3.05, 3.63) is 22.7 Å². The van der Waals surface area contributed by atoms with Crippen LogP contribution in [0.2, 0.25) is 5.02 Å². The summed E-state index contributed by atoms with van der Waals surface area (Å²) in [6, 6.07) is 2.70. The summed E-state index contributed by atoms with van der Waals surface area (Å²) in [7, 11) is 2.70. The molecule has 0 aliphatic carbocycles. The highest BCUT2D eigenvalue weighted by molar-refractivity contribution is 6.34. The fraction of sp³-hybridized carbons (Fsp3) is 0.600. The molecule has 0 radical (unpaired) electrons. The molecule has 0 aromatic heterocycles. The van der Waals surface area contributed by atoms with Gasteiger partial charge in [0, 0.05) is 44.3 Å². The molecule has 2 amide bonds. The number of benzene rings is 1. The van der Waals surface area contributed by atoms with Crippen LogP contribution in [0.4, 0.5) is 10.5 Å². The fourth-order valence-corrected chi connectivity index (χ4v) is 4.02. The van der Waals surface area contributed by atoms with E-state index >= 15 is 0 Å². The van der Waals surface area contributed by atoms with Gasteiger partial charge in [-0.05, 0) is 12.5 Å². The zero-order valence-electron chi connectivity index (χ0n) is 17.2. The molecular weight excluding hydrogens is 414 g/mol. The van der Waals surface area contributed by atoms with Crippen LogP contribution in [0.15, 0.2) is 12.1 Å². The maximum Gasteiger partial charge on any atom is 0.341 e. The van der Waals surface area contributed by atoms with Crippen LogP contribution in [0.5, 0.6) is 5.75 Å². The van der Waals surface area contributed by atoms with E-state index in [1.165, 1.54) is 26.4 Å². The fourth-order valence-electron chi connectivity index (χ4n) is 3.81. The third-order valence-electron chi connectivity index (χ3n) is 5.44. The van der Waals surface area contributed by atoms with E-state index < -0.39 is 5.97 Å². The van der Waals surface area contributed by atoms with Crippen LogP contribution < -0.4 is 15.4 Å². The molecule has 1 aromatic rings. The first-order valence-electron chi connectivity index (χ1n) is 9.93. The Labute approximate surface area is 180 Å². The minimum absolute atomic E-state index is 0.175. The number of anilines is 1. The molecule has 2 N–H and O–H groups in total. The van der Waals surface area contributed by atoms with Crippen molar-refractivity contribution in [2.75, 3.05) is 65.6 Å². The van der Waals surface area contributed by atoms with Crippen molar-refractivity contribution in [2.45, 2.75) is 12.5 Å². The number of esters is 1. The van der Waals surface area contributed by atoms with Gasteiger partial charge in [-0.25, -0.2) is 9.59 Å². The van der Waals surface area contributed by atoms with Gasteiger partial charge >= 0.3 is 12.0 Å². The van der Waals surface area contributed by atoms with Gasteiger partial charge in [0.15, 0.2) is 0 Å². The third-order valence-corrected chi connectivity index (χ3v) is 5.75. The van der Waals surface area contributed by atoms with E-state index in [9.17, 15) is 9.59 Å². The van der Waals surface area contributed by atoms with Gasteiger partial charge in [0.2, 0.25) is 0 Å². The van der Waals surface area contributed by atoms with Crippen molar-refractivity contribution < 1.29 is 28.5 Å². The maximum atomic E-state index is 12.6. The molecule has 0 unspecified atom stereocenters. The van der Waals surface area contributed by atoms with Crippen LogP contribution in [-0.4, -0.2) is 83.2 Å². The molecule has 0 saturated carbocycles. The standard InChI is InChI=1S/C20H28ClN3O6/c1-27-18-10-16(15(21)9-14(18)19(25)28-2)23-20(26)22-11-17(13-3-6-30-12-13)24-4-7-29-8-5-24/h9-10,13,17H,3-8,11-12H2,1-2H3,(H2,22,23,26)/t13-,17+/m0/s1. The molecule has 2 aliphatic heterocycles. The number of nitrogens with one attached hydrogen (secondary N) is 2. The number of halogens is 1. The van der Waals surface area contributed by atoms with Gasteiger partial charge in [-0.2, -0.15) is 0 Å². The van der Waals surface area contributed by atoms with Crippen molar-refractivity contribution in [1.82, 2.24) is 10.2 Å². The summed E-state index contributed by atoms with van der Waals surface area (Å²) < 4.78 is 21.0. The van der Waals surface area contributed by atoms with E-state index in [1.54, 1.807) is 0 Å². The molecule has 3 rings (SSSR count). The van der Waals surface area contributed by atoms with E-state index in [-0.39, 0.29) is 28.4 Å². The first-order chi connectivity index (χ1) is 14.5. The number of rotatable bonds is 7. The van der Waals surface area contributed by atoms with Crippen LogP contribution in [0.1, 0.15) is 16.8 Å². The quantitative estimate of drug-likeness (QED) is 0.624. The summed E-state index contributed by atoms with van der Waals surface area (Å²) >= 11 is 6.25. The highest BCUT2D eigenvalue weighted by Gasteiger charge is 2.31. The summed E-state index contributed by atoms with van der Waals surface area (Å²) in [4.78, 5) is 26.8. The number of hydrogen-bond acceptors (Lipinski definition) is 7. The van der Waals surface area contributed by atoms with Gasteiger partial charge in [-0.15, -0.1) is 0 Å². The van der Waals surface area contributed by atoms with Gasteiger partial charge in [0.1, 0.15) is 11.3 Å². The van der Waals surface area contributed by atoms with E-state index in [1.807, 2.05) is 0 Å². The van der Waals surface area contributed by atoms with Crippen molar-refractivity contribution >= 4 is 29.3 Å². The van der Waals surface area contributed by atoms with Crippen LogP contribution in [0.25, 0.3) is 0 Å². The number of urea groups is 1. The summed E-state index contributed by atoms with van der Waals surface area (Å²) in [5.41, 5.74) is 0.523. The lowest BCUT2D eigenvalue weighted by Crippen LogP contribution is -2.52. The molecule has 30 heavy (non-hydrogen) atoms. The molecule has 2 atom stereocenters. The van der Waals surface area contributed by atoms with Crippen molar-refractivity contribution in [2.24, 2.45) is 5.92 Å². The summed E-state index contributed by atoms with van der Waals surface area (Å²) in [6.07, 6.45) is 0.976. The first kappa shape index (κ1) is 22.6. The monoisotopic (exact) mass is 441 g/mol. The topological polar surface area (TPSA) is 98.4 Å². The molecule has 2 heterocycles. The third kappa shape index (κ3) is 5.54. The van der Waals surface area contributed by atoms with Gasteiger partial charge in [-0.3, -0.25) is 4.90 Å². The molecule has 2 aliphatic rings. The number of nitrogens with zero attached hydrogens (tertiary/aromatic N) is 1. The predicted molar refractivity (Wildman–Crippen MR) is 111 cm³/mol. The Morgan fingerprint density at radius 3 is 2.63 bits per heavy atom. The smallest absolute Gasteiger partial charge is 0.341 e. The second-order valence-electron chi connectivity index (χ2n) is 7.20. The highest BCUT2D eigenvalue weighted by atomic mass is 35.5. The molecule has 0 bridgehead atoms. The highest BCUT2D eigenvalue weighted by Crippen LogP contribution is 2.31. The van der Waals surface area contributed by atoms with E-state index in [4.69, 9.17) is 30.5 Å². The van der Waals surface area contributed by atoms with E-state index in [2.05, 4.69) is 15.5 Å². The predicted octanol–water partition coefficient (Wildman–Crippen LogP) is 1.99. The Hall–Kier alpha value is -2.07. The summed E-state index contributed by atoms with van der Waals surface area (Å²) in [5.74, 6) is 0.0548. The van der Waals surface area contributed by atoms with Gasteiger partial charge in [0.25, 0.3) is 0 Å². The molecule has 9 nitrogen and oxygen atoms in total. The SMILES string of the molecule is COC(=O)c1cc(Cl)c(NC(=O)NC[C@H]([C@H]2CCOC2)N2CCOCC2)cc1OC. The molecule has 1 aromatic carbocycles. The van der Waals surface area contributed by atoms with Crippen molar-refractivity contribution in [3.63, 3.8) is 0 Å². The summed E-state index contributed by atoms with van der Waals surface area (Å²) in [6.45, 7) is 4.99. The van der Waals surface area contributed by atoms with Crippen molar-refractivity contribution in [3.8, 4) is 5.75 Å². The molecule has 2 saturated heterocycles. The number of amides is 2. The Kier molecular flexibility index (Phi) is 8.15. The lowest BCUT2D eigenvalue weighted by atomic mass is 9.97. The second-order valence-corrected chi connectivity index (χ2v) is 7.61. The number of ether oxygens (including phenoxy) is 4. The van der Waals surface area contributed by atoms with Gasteiger partial charge in [-0.1, -0.05) is 11.6 Å². The molecule has 0 spiro atoms. The zero-order valence-corrected chi connectivity index (χ0v) is 18.0. The van der Waals surface area contributed by atoms with Gasteiger partial charge < -0.3 is 29.6 Å². The Morgan fingerprint density at radius 2 is 2.00 bits per heavy atom. The van der Waals surface area contributed by atoms with Crippen molar-refractivity contribution in [1.29, 1.82) is 0 Å². The second kappa shape index (κ2) is 10.8. The maximum absolute atomic E-state index is 12.6. The number of carbonyl (C=O) groups excluding carboxylic acids is 2. The number of methoxy groups -OCH3 is 2. The summed E-state index contributed by atoms with van der Waals surface area (Å²) in [5, 5.41) is 5.88. The Morgan fingerprint density at radius 1 is 1.23 bits per heavy atom. The zero-order chi connectivity index (χ0) is 21.5. The lowest BCUT2D eigenvalue weighted by molar-refractivity contribution is 0.00222. The lowest BCUT2D eigenvalue weighted by Gasteiger charge is -2.37. The Balaban J connectivity index is 1.64. The number of hydrogen-bond donors (Lipinski definition) is 2. The average molecular weight is 442 g/mol. The molecule has 166 valence electrons. The van der Waals surface area contributed by atoms with Crippen LogP contribution in [-0.2, 0) is 14.2 Å². The first-order valence-corrected chi connectivity index (χ1v) is 10.3. The minimum atomic E-state index is -0.572. The minimum Gasteiger partial charge on any atom is -0.496 e. The van der Waals surface area contributed by atoms with Crippen LogP contribution in [0.3, 0.4) is 0 Å². The number of morpholine rings is 1. The largest absolute Gasteiger partial charge is 0.496 e. The Bertz CT molecular complexity index is 750. The molecule has 10 heteroatoms. The average Bonchev–Trinajstić information content (AvgIpc) is 3.29. The van der Waals surface area contributed by atoms with E-state index in [0.29, 0.717) is 38.0 Å². The normalized spacial score (nSPS) is 20.4. The van der Waals surface area contributed by atoms with Crippen LogP contribution >= 0.6 is 11.6 Å². The molecular formula is C20H28ClN3O6. The molecule has 2 fully saturated rings. The van der Waals surface area contributed by atoms with Crippen LogP contribution in [0, 0.1) is 5.92 Å². The van der Waals surface area contributed by atoms with E-state index in [0.717, 1.165) is 26.1 Å².